The van der Waals surface area contributed by atoms with Gasteiger partial charge in [-0.15, -0.1) is 0 Å². The molecule has 0 saturated heterocycles. The zero-order chi connectivity index (χ0) is 21.7. The topological polar surface area (TPSA) is 47.6 Å². The molecule has 3 aromatic carbocycles. The minimum atomic E-state index is -0.338. The molecule has 0 spiro atoms. The van der Waals surface area contributed by atoms with Gasteiger partial charge in [-0.2, -0.15) is 0 Å². The summed E-state index contributed by atoms with van der Waals surface area (Å²) in [6.45, 7) is 4.64. The van der Waals surface area contributed by atoms with E-state index in [-0.39, 0.29) is 12.5 Å². The second-order valence-corrected chi connectivity index (χ2v) is 7.73. The van der Waals surface area contributed by atoms with Crippen molar-refractivity contribution < 1.29 is 14.3 Å². The molecule has 0 heterocycles. The van der Waals surface area contributed by atoms with Crippen LogP contribution in [0.5, 0.6) is 11.5 Å². The highest BCUT2D eigenvalue weighted by Crippen LogP contribution is 2.33. The van der Waals surface area contributed by atoms with E-state index >= 15 is 0 Å². The van der Waals surface area contributed by atoms with Crippen molar-refractivity contribution >= 4 is 46.4 Å². The lowest BCUT2D eigenvalue weighted by Crippen LogP contribution is -2.13. The van der Waals surface area contributed by atoms with Crippen LogP contribution in [0, 0.1) is 6.92 Å². The number of carbonyl (C=O) groups is 1. The number of amides is 1. The lowest BCUT2D eigenvalue weighted by atomic mass is 10.1. The Morgan fingerprint density at radius 2 is 1.63 bits per heavy atom. The molecule has 1 N–H and O–H groups in total. The molecule has 0 atom stereocenters. The predicted molar refractivity (Wildman–Crippen MR) is 123 cm³/mol. The van der Waals surface area contributed by atoms with Crippen molar-refractivity contribution in [2.75, 3.05) is 11.9 Å². The Morgan fingerprint density at radius 1 is 0.900 bits per heavy atom. The second kappa shape index (κ2) is 10.1. The molecule has 0 aliphatic heterocycles. The van der Waals surface area contributed by atoms with Gasteiger partial charge in [-0.25, -0.2) is 0 Å². The van der Waals surface area contributed by atoms with Crippen LogP contribution in [0.4, 0.5) is 5.69 Å². The number of benzene rings is 3. The summed E-state index contributed by atoms with van der Waals surface area (Å²) in [5.74, 6) is 1.10. The van der Waals surface area contributed by atoms with E-state index in [1.165, 1.54) is 12.1 Å². The summed E-state index contributed by atoms with van der Waals surface area (Å²) in [7, 11) is 0. The zero-order valence-electron chi connectivity index (χ0n) is 16.5. The molecule has 0 aliphatic carbocycles. The van der Waals surface area contributed by atoms with Crippen LogP contribution in [-0.4, -0.2) is 12.5 Å². The first-order valence-electron chi connectivity index (χ1n) is 9.29. The molecule has 7 heteroatoms. The summed E-state index contributed by atoms with van der Waals surface area (Å²) in [4.78, 5) is 12.8. The predicted octanol–water partition coefficient (Wildman–Crippen LogP) is 7.19. The van der Waals surface area contributed by atoms with Gasteiger partial charge in [0.2, 0.25) is 0 Å². The number of carbonyl (C=O) groups excluding carboxylic acids is 1. The van der Waals surface area contributed by atoms with E-state index in [2.05, 4.69) is 5.32 Å². The lowest BCUT2D eigenvalue weighted by Gasteiger charge is -2.15. The Bertz CT molecular complexity index is 1070. The Kier molecular flexibility index (Phi) is 7.48. The smallest absolute Gasteiger partial charge is 0.255 e. The van der Waals surface area contributed by atoms with E-state index in [0.29, 0.717) is 38.7 Å². The fraction of sp³-hybridized carbons (Fsp3) is 0.174. The highest BCUT2D eigenvalue weighted by atomic mass is 35.5. The van der Waals surface area contributed by atoms with E-state index in [1.54, 1.807) is 18.2 Å². The summed E-state index contributed by atoms with van der Waals surface area (Å²) in [6.07, 6.45) is 0. The van der Waals surface area contributed by atoms with Gasteiger partial charge in [-0.3, -0.25) is 4.79 Å². The average molecular weight is 465 g/mol. The van der Waals surface area contributed by atoms with Gasteiger partial charge >= 0.3 is 0 Å². The molecular weight excluding hydrogens is 445 g/mol. The van der Waals surface area contributed by atoms with Gasteiger partial charge in [0.05, 0.1) is 27.4 Å². The molecule has 0 radical (unpaired) electrons. The van der Waals surface area contributed by atoms with Gasteiger partial charge in [0.15, 0.2) is 0 Å². The zero-order valence-corrected chi connectivity index (χ0v) is 18.7. The molecule has 3 rings (SSSR count). The van der Waals surface area contributed by atoms with Crippen molar-refractivity contribution in [3.63, 3.8) is 0 Å². The standard InChI is InChI=1S/C23H20Cl3NO3/c1-3-29-22-9-8-15(10-16(22)13-30-21-7-5-4-6-14(21)2)23(28)27-20-12-18(25)17(24)11-19(20)26/h4-12H,3,13H2,1-2H3,(H,27,28). The number of anilines is 1. The van der Waals surface area contributed by atoms with Crippen molar-refractivity contribution in [3.8, 4) is 11.5 Å². The summed E-state index contributed by atoms with van der Waals surface area (Å²) >= 11 is 18.1. The van der Waals surface area contributed by atoms with Crippen LogP contribution >= 0.6 is 34.8 Å². The average Bonchev–Trinajstić information content (AvgIpc) is 2.72. The monoisotopic (exact) mass is 463 g/mol. The summed E-state index contributed by atoms with van der Waals surface area (Å²) in [5, 5.41) is 3.68. The van der Waals surface area contributed by atoms with Crippen LogP contribution in [0.1, 0.15) is 28.4 Å². The molecule has 30 heavy (non-hydrogen) atoms. The molecule has 0 unspecified atom stereocenters. The van der Waals surface area contributed by atoms with Crippen LogP contribution in [0.15, 0.2) is 54.6 Å². The number of ether oxygens (including phenoxy) is 2. The lowest BCUT2D eigenvalue weighted by molar-refractivity contribution is 0.102. The maximum Gasteiger partial charge on any atom is 0.255 e. The number of rotatable bonds is 7. The Labute approximate surface area is 190 Å². The largest absolute Gasteiger partial charge is 0.493 e. The first kappa shape index (κ1) is 22.3. The molecule has 0 fully saturated rings. The van der Waals surface area contributed by atoms with Gasteiger partial charge in [0, 0.05) is 11.1 Å². The number of para-hydroxylation sites is 1. The van der Waals surface area contributed by atoms with Crippen molar-refractivity contribution in [1.29, 1.82) is 0 Å². The summed E-state index contributed by atoms with van der Waals surface area (Å²) in [5.41, 5.74) is 2.60. The number of hydrogen-bond acceptors (Lipinski definition) is 3. The third kappa shape index (κ3) is 5.39. The first-order valence-corrected chi connectivity index (χ1v) is 10.4. The van der Waals surface area contributed by atoms with E-state index in [0.717, 1.165) is 16.9 Å². The Balaban J connectivity index is 1.83. The van der Waals surface area contributed by atoms with Gasteiger partial charge < -0.3 is 14.8 Å². The fourth-order valence-electron chi connectivity index (χ4n) is 2.82. The number of hydrogen-bond donors (Lipinski definition) is 1. The molecule has 156 valence electrons. The molecular formula is C23H20Cl3NO3. The van der Waals surface area contributed by atoms with Gasteiger partial charge in [0.25, 0.3) is 5.91 Å². The second-order valence-electron chi connectivity index (χ2n) is 6.51. The number of nitrogens with one attached hydrogen (secondary N) is 1. The maximum absolute atomic E-state index is 12.8. The van der Waals surface area contributed by atoms with E-state index in [1.807, 2.05) is 38.1 Å². The molecule has 0 aliphatic rings. The number of aryl methyl sites for hydroxylation is 1. The summed E-state index contributed by atoms with van der Waals surface area (Å²) < 4.78 is 11.6. The third-order valence-electron chi connectivity index (χ3n) is 4.36. The molecule has 0 bridgehead atoms. The highest BCUT2D eigenvalue weighted by molar-refractivity contribution is 6.44. The normalized spacial score (nSPS) is 10.6. The molecule has 0 saturated carbocycles. The van der Waals surface area contributed by atoms with Crippen LogP contribution in [-0.2, 0) is 6.61 Å². The molecule has 0 aromatic heterocycles. The van der Waals surface area contributed by atoms with E-state index < -0.39 is 0 Å². The van der Waals surface area contributed by atoms with Crippen LogP contribution in [0.2, 0.25) is 15.1 Å². The first-order chi connectivity index (χ1) is 14.4. The Morgan fingerprint density at radius 3 is 2.37 bits per heavy atom. The Hall–Kier alpha value is -2.40. The van der Waals surface area contributed by atoms with Crippen LogP contribution < -0.4 is 14.8 Å². The molecule has 4 nitrogen and oxygen atoms in total. The SMILES string of the molecule is CCOc1ccc(C(=O)Nc2cc(Cl)c(Cl)cc2Cl)cc1COc1ccccc1C. The minimum Gasteiger partial charge on any atom is -0.493 e. The highest BCUT2D eigenvalue weighted by Gasteiger charge is 2.14. The fourth-order valence-corrected chi connectivity index (χ4v) is 3.41. The van der Waals surface area contributed by atoms with Crippen molar-refractivity contribution in [1.82, 2.24) is 0 Å². The van der Waals surface area contributed by atoms with Crippen molar-refractivity contribution in [3.05, 3.63) is 86.4 Å². The third-order valence-corrected chi connectivity index (χ3v) is 5.39. The van der Waals surface area contributed by atoms with Crippen molar-refractivity contribution in [2.45, 2.75) is 20.5 Å². The van der Waals surface area contributed by atoms with Crippen LogP contribution in [0.3, 0.4) is 0 Å². The number of halogens is 3. The summed E-state index contributed by atoms with van der Waals surface area (Å²) in [6, 6.07) is 15.9. The van der Waals surface area contributed by atoms with Gasteiger partial charge in [0.1, 0.15) is 18.1 Å². The van der Waals surface area contributed by atoms with Crippen LogP contribution in [0.25, 0.3) is 0 Å². The van der Waals surface area contributed by atoms with Gasteiger partial charge in [-0.1, -0.05) is 53.0 Å². The maximum atomic E-state index is 12.8. The minimum absolute atomic E-state index is 0.259. The molecule has 3 aromatic rings. The van der Waals surface area contributed by atoms with E-state index in [4.69, 9.17) is 44.3 Å². The quantitative estimate of drug-likeness (QED) is 0.377. The molecule has 1 amide bonds. The van der Waals surface area contributed by atoms with Crippen molar-refractivity contribution in [2.24, 2.45) is 0 Å². The van der Waals surface area contributed by atoms with E-state index in [9.17, 15) is 4.79 Å². The van der Waals surface area contributed by atoms with Gasteiger partial charge in [-0.05, 0) is 55.8 Å².